The van der Waals surface area contributed by atoms with Crippen LogP contribution in [0.5, 0.6) is 0 Å². The highest BCUT2D eigenvalue weighted by Gasteiger charge is 2.29. The molecule has 1 N–H and O–H groups in total. The van der Waals surface area contributed by atoms with Crippen LogP contribution in [-0.4, -0.2) is 33.9 Å². The van der Waals surface area contributed by atoms with Gasteiger partial charge in [0.1, 0.15) is 0 Å². The molecule has 1 unspecified atom stereocenters. The second-order valence-corrected chi connectivity index (χ2v) is 8.73. The van der Waals surface area contributed by atoms with Gasteiger partial charge < -0.3 is 10.1 Å². The Bertz CT molecular complexity index is 1110. The van der Waals surface area contributed by atoms with Crippen molar-refractivity contribution in [2.45, 2.75) is 51.7 Å². The largest absolute Gasteiger partial charge is 0.382 e. The highest BCUT2D eigenvalue weighted by Crippen LogP contribution is 2.35. The van der Waals surface area contributed by atoms with Crippen LogP contribution in [0.1, 0.15) is 45.6 Å². The molecule has 2 aliphatic heterocycles. The van der Waals surface area contributed by atoms with E-state index in [1.807, 2.05) is 6.92 Å². The molecule has 1 saturated heterocycles. The molecule has 0 radical (unpaired) electrons. The van der Waals surface area contributed by atoms with Crippen molar-refractivity contribution in [3.63, 3.8) is 0 Å². The van der Waals surface area contributed by atoms with E-state index in [4.69, 9.17) is 9.73 Å². The normalized spacial score (nSPS) is 23.1. The molecule has 1 aromatic carbocycles. The summed E-state index contributed by atoms with van der Waals surface area (Å²) < 4.78 is 5.88. The second kappa shape index (κ2) is 6.92. The van der Waals surface area contributed by atoms with Gasteiger partial charge in [-0.15, -0.1) is 0 Å². The molecule has 5 rings (SSSR count). The number of aliphatic imine (C=N–C) groups is 1. The first-order valence-corrected chi connectivity index (χ1v) is 10.3. The average Bonchev–Trinajstić information content (AvgIpc) is 3.05. The number of nitrogens with one attached hydrogen (secondary N) is 1. The number of hydrogen-bond acceptors (Lipinski definition) is 5. The van der Waals surface area contributed by atoms with Gasteiger partial charge in [-0.2, -0.15) is 0 Å². The molecule has 5 heteroatoms. The molecule has 0 amide bonds. The fraction of sp³-hybridized carbons (Fsp3) is 0.375. The van der Waals surface area contributed by atoms with E-state index in [-0.39, 0.29) is 5.60 Å². The van der Waals surface area contributed by atoms with Crippen molar-refractivity contribution in [2.75, 3.05) is 11.9 Å². The quantitative estimate of drug-likeness (QED) is 0.800. The van der Waals surface area contributed by atoms with E-state index >= 15 is 0 Å². The van der Waals surface area contributed by atoms with Crippen molar-refractivity contribution in [3.8, 4) is 0 Å². The lowest BCUT2D eigenvalue weighted by molar-refractivity contribution is -0.0553. The Kier molecular flexibility index (Phi) is 4.36. The predicted molar refractivity (Wildman–Crippen MR) is 118 cm³/mol. The molecule has 5 nitrogen and oxygen atoms in total. The summed E-state index contributed by atoms with van der Waals surface area (Å²) in [4.78, 5) is 13.9. The summed E-state index contributed by atoms with van der Waals surface area (Å²) in [5, 5.41) is 3.73. The molecular weight excluding hydrogens is 360 g/mol. The molecule has 0 spiro atoms. The van der Waals surface area contributed by atoms with Crippen molar-refractivity contribution in [1.29, 1.82) is 0 Å². The number of fused-ring (bicyclic) bond motifs is 2. The molecule has 1 aromatic heterocycles. The van der Waals surface area contributed by atoms with Gasteiger partial charge in [-0.05, 0) is 63.0 Å². The maximum Gasteiger partial charge on any atom is 0.0963 e. The smallest absolute Gasteiger partial charge is 0.0963 e. The fourth-order valence-corrected chi connectivity index (χ4v) is 4.51. The number of ether oxygens (including phenoxy) is 1. The third-order valence-corrected chi connectivity index (χ3v) is 5.82. The van der Waals surface area contributed by atoms with Gasteiger partial charge in [-0.25, -0.2) is 0 Å². The minimum absolute atomic E-state index is 0.0893. The minimum Gasteiger partial charge on any atom is -0.382 e. The maximum atomic E-state index is 5.88. The van der Waals surface area contributed by atoms with Crippen LogP contribution < -0.4 is 5.32 Å². The molecule has 2 aromatic rings. The van der Waals surface area contributed by atoms with E-state index in [1.54, 1.807) is 12.4 Å². The number of benzene rings is 1. The molecular formula is C24H26N4O. The van der Waals surface area contributed by atoms with Crippen LogP contribution in [0, 0.1) is 0 Å². The number of allylic oxidation sites excluding steroid dienone is 6. The molecule has 3 heterocycles. The van der Waals surface area contributed by atoms with Gasteiger partial charge in [0.25, 0.3) is 0 Å². The molecule has 29 heavy (non-hydrogen) atoms. The minimum atomic E-state index is -0.0893. The van der Waals surface area contributed by atoms with Gasteiger partial charge in [-0.3, -0.25) is 15.0 Å². The lowest BCUT2D eigenvalue weighted by atomic mass is 9.90. The zero-order chi connectivity index (χ0) is 20.0. The van der Waals surface area contributed by atoms with Crippen molar-refractivity contribution in [1.82, 2.24) is 9.97 Å². The second-order valence-electron chi connectivity index (χ2n) is 8.73. The van der Waals surface area contributed by atoms with E-state index in [2.05, 4.69) is 59.5 Å². The molecule has 1 aliphatic carbocycles. The van der Waals surface area contributed by atoms with Crippen LogP contribution in [0.4, 0.5) is 5.69 Å². The molecule has 148 valence electrons. The lowest BCUT2D eigenvalue weighted by Crippen LogP contribution is -2.40. The summed E-state index contributed by atoms with van der Waals surface area (Å²) in [5.74, 6) is 0. The molecule has 0 bridgehead atoms. The SMILES string of the molecule is CC1=CC2=CC=C(c3cc(NC4CCOC(C)(C)C4)cc4nccnc34)CC2=N1. The maximum absolute atomic E-state index is 5.88. The van der Waals surface area contributed by atoms with Gasteiger partial charge in [-0.1, -0.05) is 12.2 Å². The van der Waals surface area contributed by atoms with Crippen molar-refractivity contribution in [2.24, 2.45) is 4.99 Å². The van der Waals surface area contributed by atoms with E-state index in [0.29, 0.717) is 6.04 Å². The van der Waals surface area contributed by atoms with E-state index in [0.717, 1.165) is 59.6 Å². The number of nitrogens with zero attached hydrogens (tertiary/aromatic N) is 3. The summed E-state index contributed by atoms with van der Waals surface area (Å²) in [6.45, 7) is 7.16. The molecule has 1 fully saturated rings. The Morgan fingerprint density at radius 2 is 2.00 bits per heavy atom. The Balaban J connectivity index is 1.51. The van der Waals surface area contributed by atoms with Gasteiger partial charge in [0.2, 0.25) is 0 Å². The highest BCUT2D eigenvalue weighted by molar-refractivity contribution is 6.13. The molecule has 3 aliphatic rings. The van der Waals surface area contributed by atoms with Gasteiger partial charge >= 0.3 is 0 Å². The zero-order valence-corrected chi connectivity index (χ0v) is 17.2. The fourth-order valence-electron chi connectivity index (χ4n) is 4.51. The third-order valence-electron chi connectivity index (χ3n) is 5.82. The highest BCUT2D eigenvalue weighted by atomic mass is 16.5. The topological polar surface area (TPSA) is 59.4 Å². The molecule has 0 saturated carbocycles. The van der Waals surface area contributed by atoms with Crippen LogP contribution in [0.15, 0.2) is 59.0 Å². The average molecular weight is 386 g/mol. The van der Waals surface area contributed by atoms with E-state index in [1.165, 1.54) is 11.1 Å². The predicted octanol–water partition coefficient (Wildman–Crippen LogP) is 5.07. The number of hydrogen-bond donors (Lipinski definition) is 1. The number of anilines is 1. The van der Waals surface area contributed by atoms with Crippen LogP contribution >= 0.6 is 0 Å². The van der Waals surface area contributed by atoms with Gasteiger partial charge in [0.05, 0.1) is 22.3 Å². The molecule has 1 atom stereocenters. The summed E-state index contributed by atoms with van der Waals surface area (Å²) in [6, 6.07) is 4.72. The van der Waals surface area contributed by atoms with Crippen molar-refractivity contribution in [3.05, 3.63) is 59.6 Å². The standard InChI is InChI=1S/C24H26N4O/c1-15-10-17-5-4-16(11-21(17)27-15)20-12-19(13-22-23(20)26-8-7-25-22)28-18-6-9-29-24(2,3)14-18/h4-5,7-8,10,12-13,18,28H,6,9,11,14H2,1-3H3. The van der Waals surface area contributed by atoms with Crippen LogP contribution in [-0.2, 0) is 4.74 Å². The Morgan fingerprint density at radius 1 is 1.14 bits per heavy atom. The zero-order valence-electron chi connectivity index (χ0n) is 17.2. The van der Waals surface area contributed by atoms with Crippen LogP contribution in [0.25, 0.3) is 16.6 Å². The van der Waals surface area contributed by atoms with Crippen LogP contribution in [0.2, 0.25) is 0 Å². The number of aromatic nitrogens is 2. The monoisotopic (exact) mass is 386 g/mol. The summed E-state index contributed by atoms with van der Waals surface area (Å²) in [5.41, 5.74) is 8.66. The van der Waals surface area contributed by atoms with Crippen molar-refractivity contribution < 1.29 is 4.74 Å². The summed E-state index contributed by atoms with van der Waals surface area (Å²) in [7, 11) is 0. The first kappa shape index (κ1) is 18.3. The first-order chi connectivity index (χ1) is 14.0. The number of rotatable bonds is 3. The van der Waals surface area contributed by atoms with Crippen LogP contribution in [0.3, 0.4) is 0 Å². The van der Waals surface area contributed by atoms with E-state index < -0.39 is 0 Å². The third kappa shape index (κ3) is 3.62. The van der Waals surface area contributed by atoms with E-state index in [9.17, 15) is 0 Å². The van der Waals surface area contributed by atoms with Gasteiger partial charge in [0, 0.05) is 48.4 Å². The Morgan fingerprint density at radius 3 is 2.86 bits per heavy atom. The Labute approximate surface area is 171 Å². The van der Waals surface area contributed by atoms with Gasteiger partial charge in [0.15, 0.2) is 0 Å². The van der Waals surface area contributed by atoms with Crippen molar-refractivity contribution >= 4 is 28.0 Å². The Hall–Kier alpha value is -2.79. The first-order valence-electron chi connectivity index (χ1n) is 10.3. The summed E-state index contributed by atoms with van der Waals surface area (Å²) in [6.07, 6.45) is 12.8. The lowest BCUT2D eigenvalue weighted by Gasteiger charge is -2.36. The summed E-state index contributed by atoms with van der Waals surface area (Å²) >= 11 is 0.